The third-order valence-electron chi connectivity index (χ3n) is 1.71. The van der Waals surface area contributed by atoms with Gasteiger partial charge in [-0.1, -0.05) is 0 Å². The van der Waals surface area contributed by atoms with Crippen LogP contribution in [-0.2, 0) is 4.79 Å². The fraction of sp³-hybridized carbons (Fsp3) is 0.250. The van der Waals surface area contributed by atoms with Crippen LogP contribution >= 0.6 is 0 Å². The van der Waals surface area contributed by atoms with Crippen LogP contribution in [0.4, 0.5) is 0 Å². The van der Waals surface area contributed by atoms with Crippen LogP contribution in [0.25, 0.3) is 0 Å². The van der Waals surface area contributed by atoms with Crippen LogP contribution in [0, 0.1) is 0 Å². The van der Waals surface area contributed by atoms with Gasteiger partial charge in [0.2, 0.25) is 0 Å². The molecular weight excluding hydrogens is 126 g/mol. The summed E-state index contributed by atoms with van der Waals surface area (Å²) in [7, 11) is 0. The highest BCUT2D eigenvalue weighted by molar-refractivity contribution is 6.20. The Morgan fingerprint density at radius 1 is 1.40 bits per heavy atom. The molecule has 0 saturated heterocycles. The van der Waals surface area contributed by atoms with Crippen LogP contribution in [0.5, 0.6) is 0 Å². The molecule has 0 saturated carbocycles. The Hall–Kier alpha value is -1.18. The zero-order chi connectivity index (χ0) is 6.97. The number of hydrogen-bond acceptors (Lipinski definition) is 2. The smallest absolute Gasteiger partial charge is 0.179 e. The van der Waals surface area contributed by atoms with Crippen molar-refractivity contribution in [1.29, 1.82) is 0 Å². The molecular formula is C8H7NO. The Labute approximate surface area is 59.0 Å². The lowest BCUT2D eigenvalue weighted by Crippen LogP contribution is -2.03. The van der Waals surface area contributed by atoms with Gasteiger partial charge in [0, 0.05) is 6.54 Å². The molecule has 0 N–H and O–H groups in total. The number of fused-ring (bicyclic) bond motifs is 1. The summed E-state index contributed by atoms with van der Waals surface area (Å²) in [5.74, 6) is 0.0934. The minimum atomic E-state index is 0.0934. The summed E-state index contributed by atoms with van der Waals surface area (Å²) >= 11 is 0. The van der Waals surface area contributed by atoms with Crippen molar-refractivity contribution in [1.82, 2.24) is 0 Å². The maximum absolute atomic E-state index is 10.8. The second kappa shape index (κ2) is 1.90. The number of hydrogen-bond donors (Lipinski definition) is 0. The molecule has 0 radical (unpaired) electrons. The first kappa shape index (κ1) is 5.59. The van der Waals surface area contributed by atoms with Gasteiger partial charge in [-0.15, -0.1) is 0 Å². The second-order valence-electron chi connectivity index (χ2n) is 2.42. The van der Waals surface area contributed by atoms with Crippen LogP contribution in [0.1, 0.15) is 6.42 Å². The molecule has 0 spiro atoms. The Bertz CT molecular complexity index is 271. The Morgan fingerprint density at radius 2 is 2.30 bits per heavy atom. The van der Waals surface area contributed by atoms with E-state index >= 15 is 0 Å². The molecule has 0 amide bonds. The topological polar surface area (TPSA) is 29.4 Å². The lowest BCUT2D eigenvalue weighted by atomic mass is 10.0. The zero-order valence-corrected chi connectivity index (χ0v) is 5.50. The minimum absolute atomic E-state index is 0.0934. The molecule has 0 unspecified atom stereocenters. The number of carbonyl (C=O) groups is 1. The SMILES string of the molecule is O=C1C=CC2=NCCC2=C1. The van der Waals surface area contributed by atoms with Gasteiger partial charge in [0.15, 0.2) is 5.78 Å². The Morgan fingerprint density at radius 3 is 3.20 bits per heavy atom. The molecule has 2 nitrogen and oxygen atoms in total. The number of nitrogens with zero attached hydrogens (tertiary/aromatic N) is 1. The van der Waals surface area contributed by atoms with Crippen molar-refractivity contribution >= 4 is 11.5 Å². The van der Waals surface area contributed by atoms with E-state index in [1.807, 2.05) is 0 Å². The monoisotopic (exact) mass is 133 g/mol. The summed E-state index contributed by atoms with van der Waals surface area (Å²) in [5.41, 5.74) is 2.10. The van der Waals surface area contributed by atoms with Crippen molar-refractivity contribution in [2.24, 2.45) is 4.99 Å². The molecule has 0 aromatic carbocycles. The standard InChI is InChI=1S/C8H7NO/c10-7-1-2-8-6(5-7)3-4-9-8/h1-2,5H,3-4H2. The molecule has 50 valence electrons. The predicted octanol–water partition coefficient (Wildman–Crippen LogP) is 0.896. The number of carbonyl (C=O) groups excluding carboxylic acids is 1. The van der Waals surface area contributed by atoms with E-state index < -0.39 is 0 Å². The van der Waals surface area contributed by atoms with Gasteiger partial charge in [0.25, 0.3) is 0 Å². The van der Waals surface area contributed by atoms with Crippen molar-refractivity contribution in [3.8, 4) is 0 Å². The van der Waals surface area contributed by atoms with Crippen molar-refractivity contribution in [3.63, 3.8) is 0 Å². The molecule has 2 heteroatoms. The van der Waals surface area contributed by atoms with Gasteiger partial charge in [0.1, 0.15) is 0 Å². The molecule has 0 fully saturated rings. The first-order chi connectivity index (χ1) is 4.86. The summed E-state index contributed by atoms with van der Waals surface area (Å²) in [6, 6.07) is 0. The lowest BCUT2D eigenvalue weighted by Gasteiger charge is -2.00. The molecule has 10 heavy (non-hydrogen) atoms. The fourth-order valence-corrected chi connectivity index (χ4v) is 1.21. The van der Waals surface area contributed by atoms with Crippen LogP contribution < -0.4 is 0 Å². The molecule has 1 heterocycles. The van der Waals surface area contributed by atoms with Crippen molar-refractivity contribution in [2.45, 2.75) is 6.42 Å². The highest BCUT2D eigenvalue weighted by atomic mass is 16.1. The Kier molecular flexibility index (Phi) is 1.07. The van der Waals surface area contributed by atoms with Gasteiger partial charge >= 0.3 is 0 Å². The molecule has 0 bridgehead atoms. The average molecular weight is 133 g/mol. The summed E-state index contributed by atoms with van der Waals surface area (Å²) < 4.78 is 0. The summed E-state index contributed by atoms with van der Waals surface area (Å²) in [6.45, 7) is 0.846. The zero-order valence-electron chi connectivity index (χ0n) is 5.50. The van der Waals surface area contributed by atoms with E-state index in [0.29, 0.717) is 0 Å². The largest absolute Gasteiger partial charge is 0.290 e. The van der Waals surface area contributed by atoms with Crippen LogP contribution in [0.2, 0.25) is 0 Å². The third kappa shape index (κ3) is 0.727. The second-order valence-corrected chi connectivity index (χ2v) is 2.42. The quantitative estimate of drug-likeness (QED) is 0.451. The summed E-state index contributed by atoms with van der Waals surface area (Å²) in [5, 5.41) is 0. The molecule has 0 aromatic rings. The predicted molar refractivity (Wildman–Crippen MR) is 39.1 cm³/mol. The highest BCUT2D eigenvalue weighted by Gasteiger charge is 2.14. The minimum Gasteiger partial charge on any atom is -0.290 e. The lowest BCUT2D eigenvalue weighted by molar-refractivity contribution is -0.110. The van der Waals surface area contributed by atoms with Crippen LogP contribution in [-0.4, -0.2) is 18.0 Å². The normalized spacial score (nSPS) is 22.2. The molecule has 1 aliphatic carbocycles. The first-order valence-electron chi connectivity index (χ1n) is 3.34. The van der Waals surface area contributed by atoms with Gasteiger partial charge < -0.3 is 0 Å². The summed E-state index contributed by atoms with van der Waals surface area (Å²) in [4.78, 5) is 15.0. The van der Waals surface area contributed by atoms with Crippen molar-refractivity contribution in [2.75, 3.05) is 6.54 Å². The van der Waals surface area contributed by atoms with Gasteiger partial charge in [-0.05, 0) is 30.2 Å². The average Bonchev–Trinajstić information content (AvgIpc) is 2.33. The van der Waals surface area contributed by atoms with Gasteiger partial charge in [-0.25, -0.2) is 0 Å². The van der Waals surface area contributed by atoms with E-state index in [0.717, 1.165) is 24.3 Å². The van der Waals surface area contributed by atoms with E-state index in [9.17, 15) is 4.79 Å². The molecule has 2 aliphatic rings. The van der Waals surface area contributed by atoms with E-state index in [1.165, 1.54) is 0 Å². The van der Waals surface area contributed by atoms with Crippen LogP contribution in [0.3, 0.4) is 0 Å². The van der Waals surface area contributed by atoms with Crippen LogP contribution in [0.15, 0.2) is 28.8 Å². The van der Waals surface area contributed by atoms with Crippen molar-refractivity contribution in [3.05, 3.63) is 23.8 Å². The van der Waals surface area contributed by atoms with E-state index in [2.05, 4.69) is 4.99 Å². The van der Waals surface area contributed by atoms with E-state index in [-0.39, 0.29) is 5.78 Å². The number of allylic oxidation sites excluding steroid dienone is 3. The van der Waals surface area contributed by atoms with E-state index in [4.69, 9.17) is 0 Å². The van der Waals surface area contributed by atoms with Crippen molar-refractivity contribution < 1.29 is 4.79 Å². The fourth-order valence-electron chi connectivity index (χ4n) is 1.21. The number of aliphatic imine (C=N–C) groups is 1. The maximum Gasteiger partial charge on any atom is 0.179 e. The van der Waals surface area contributed by atoms with Gasteiger partial charge in [0.05, 0.1) is 5.71 Å². The first-order valence-corrected chi connectivity index (χ1v) is 3.34. The number of ketones is 1. The highest BCUT2D eigenvalue weighted by Crippen LogP contribution is 2.16. The summed E-state index contributed by atoms with van der Waals surface area (Å²) in [6.07, 6.45) is 5.97. The van der Waals surface area contributed by atoms with E-state index in [1.54, 1.807) is 18.2 Å². The van der Waals surface area contributed by atoms with Gasteiger partial charge in [-0.3, -0.25) is 9.79 Å². The molecule has 1 aliphatic heterocycles. The molecule has 2 rings (SSSR count). The Balaban J connectivity index is 2.43. The maximum atomic E-state index is 10.8. The number of rotatable bonds is 0. The molecule has 0 atom stereocenters. The van der Waals surface area contributed by atoms with Gasteiger partial charge in [-0.2, -0.15) is 0 Å². The molecule has 0 aromatic heterocycles. The third-order valence-corrected chi connectivity index (χ3v) is 1.71.